The first kappa shape index (κ1) is 13.8. The Kier molecular flexibility index (Phi) is 5.77. The highest BCUT2D eigenvalue weighted by Crippen LogP contribution is 2.09. The largest absolute Gasteiger partial charge is 0.473 e. The van der Waals surface area contributed by atoms with Gasteiger partial charge in [-0.3, -0.25) is 4.79 Å². The van der Waals surface area contributed by atoms with Crippen molar-refractivity contribution in [3.8, 4) is 0 Å². The average molecular weight is 251 g/mol. The van der Waals surface area contributed by atoms with Gasteiger partial charge in [0.25, 0.3) is 11.1 Å². The monoisotopic (exact) mass is 251 g/mol. The Bertz CT molecular complexity index is 390. The normalized spacial score (nSPS) is 11.4. The van der Waals surface area contributed by atoms with Gasteiger partial charge in [0.1, 0.15) is 0 Å². The first-order valence-corrected chi connectivity index (χ1v) is 6.61. The van der Waals surface area contributed by atoms with Crippen molar-refractivity contribution >= 4 is 22.9 Å². The van der Waals surface area contributed by atoms with Gasteiger partial charge in [0, 0.05) is 5.56 Å². The lowest BCUT2D eigenvalue weighted by molar-refractivity contribution is 0.1000. The van der Waals surface area contributed by atoms with E-state index in [1.165, 1.54) is 11.8 Å². The van der Waals surface area contributed by atoms with Crippen LogP contribution in [0.15, 0.2) is 29.3 Å². The van der Waals surface area contributed by atoms with Crippen LogP contribution < -0.4 is 0 Å². The molecule has 0 N–H and O–H groups in total. The Balaban J connectivity index is 2.80. The Hall–Kier alpha value is -1.29. The Labute approximate surface area is 106 Å². The molecule has 0 unspecified atom stereocenters. The summed E-state index contributed by atoms with van der Waals surface area (Å²) < 4.78 is 5.29. The van der Waals surface area contributed by atoms with E-state index in [0.717, 1.165) is 11.3 Å². The number of ether oxygens (including phenoxy) is 1. The summed E-state index contributed by atoms with van der Waals surface area (Å²) in [6.45, 7) is 6.38. The van der Waals surface area contributed by atoms with E-state index < -0.39 is 0 Å². The van der Waals surface area contributed by atoms with Crippen LogP contribution in [-0.4, -0.2) is 23.5 Å². The second-order valence-corrected chi connectivity index (χ2v) is 4.63. The van der Waals surface area contributed by atoms with Crippen LogP contribution in [-0.2, 0) is 4.74 Å². The molecule has 0 spiro atoms. The van der Waals surface area contributed by atoms with E-state index in [9.17, 15) is 4.79 Å². The number of aliphatic imine (C=N–C) groups is 1. The van der Waals surface area contributed by atoms with E-state index in [4.69, 9.17) is 4.74 Å². The van der Waals surface area contributed by atoms with Crippen molar-refractivity contribution in [3.63, 3.8) is 0 Å². The number of nitrogens with zero attached hydrogens (tertiary/aromatic N) is 1. The number of carbonyl (C=O) groups is 1. The van der Waals surface area contributed by atoms with Crippen LogP contribution >= 0.6 is 11.8 Å². The molecule has 0 aliphatic heterocycles. The van der Waals surface area contributed by atoms with Gasteiger partial charge in [0.05, 0.1) is 6.61 Å². The predicted molar refractivity (Wildman–Crippen MR) is 72.7 cm³/mol. The Morgan fingerprint density at radius 2 is 1.94 bits per heavy atom. The van der Waals surface area contributed by atoms with Gasteiger partial charge in [-0.1, -0.05) is 36.4 Å². The van der Waals surface area contributed by atoms with Gasteiger partial charge >= 0.3 is 0 Å². The predicted octanol–water partition coefficient (Wildman–Crippen LogP) is 3.28. The Morgan fingerprint density at radius 1 is 1.29 bits per heavy atom. The molecular formula is C13H17NO2S. The third-order valence-corrected chi connectivity index (χ3v) is 2.77. The molecule has 3 nitrogen and oxygen atoms in total. The van der Waals surface area contributed by atoms with Gasteiger partial charge in [-0.15, -0.1) is 0 Å². The van der Waals surface area contributed by atoms with E-state index >= 15 is 0 Å². The minimum Gasteiger partial charge on any atom is -0.473 e. The highest BCUT2D eigenvalue weighted by Gasteiger charge is 2.07. The molecule has 0 radical (unpaired) electrons. The SMILES string of the molecule is CCOC(=NC(=O)c1ccc(C)cc1)SCC. The molecule has 4 heteroatoms. The van der Waals surface area contributed by atoms with E-state index in [1.807, 2.05) is 32.9 Å². The fraction of sp³-hybridized carbons (Fsp3) is 0.385. The summed E-state index contributed by atoms with van der Waals surface area (Å²) >= 11 is 1.43. The summed E-state index contributed by atoms with van der Waals surface area (Å²) in [6.07, 6.45) is 0. The second-order valence-electron chi connectivity index (χ2n) is 3.41. The molecule has 0 aliphatic rings. The maximum absolute atomic E-state index is 11.8. The first-order valence-electron chi connectivity index (χ1n) is 5.62. The molecule has 0 aromatic heterocycles. The lowest BCUT2D eigenvalue weighted by atomic mass is 10.1. The van der Waals surface area contributed by atoms with Crippen molar-refractivity contribution in [2.75, 3.05) is 12.4 Å². The topological polar surface area (TPSA) is 38.7 Å². The lowest BCUT2D eigenvalue weighted by Gasteiger charge is -2.04. The average Bonchev–Trinajstić information content (AvgIpc) is 2.30. The third kappa shape index (κ3) is 4.61. The lowest BCUT2D eigenvalue weighted by Crippen LogP contribution is -2.05. The first-order chi connectivity index (χ1) is 8.17. The van der Waals surface area contributed by atoms with E-state index in [0.29, 0.717) is 17.4 Å². The van der Waals surface area contributed by atoms with Gasteiger partial charge in [-0.2, -0.15) is 4.99 Å². The zero-order valence-electron chi connectivity index (χ0n) is 10.4. The molecule has 17 heavy (non-hydrogen) atoms. The fourth-order valence-electron chi connectivity index (χ4n) is 1.20. The summed E-state index contributed by atoms with van der Waals surface area (Å²) in [5.41, 5.74) is 1.71. The van der Waals surface area contributed by atoms with Crippen molar-refractivity contribution in [3.05, 3.63) is 35.4 Å². The minimum atomic E-state index is -0.255. The Morgan fingerprint density at radius 3 is 2.47 bits per heavy atom. The van der Waals surface area contributed by atoms with Crippen LogP contribution in [0.4, 0.5) is 0 Å². The van der Waals surface area contributed by atoms with Gasteiger partial charge in [-0.25, -0.2) is 0 Å². The van der Waals surface area contributed by atoms with Crippen molar-refractivity contribution in [1.29, 1.82) is 0 Å². The maximum Gasteiger partial charge on any atom is 0.280 e. The zero-order valence-corrected chi connectivity index (χ0v) is 11.2. The van der Waals surface area contributed by atoms with Crippen LogP contribution in [0.5, 0.6) is 0 Å². The van der Waals surface area contributed by atoms with Gasteiger partial charge < -0.3 is 4.74 Å². The summed E-state index contributed by atoms with van der Waals surface area (Å²) in [7, 11) is 0. The van der Waals surface area contributed by atoms with Crippen LogP contribution in [0.3, 0.4) is 0 Å². The molecule has 0 bridgehead atoms. The zero-order chi connectivity index (χ0) is 12.7. The summed E-state index contributed by atoms with van der Waals surface area (Å²) in [5, 5.41) is 0.445. The quantitative estimate of drug-likeness (QED) is 0.611. The molecule has 1 aromatic carbocycles. The molecule has 1 amide bonds. The van der Waals surface area contributed by atoms with Crippen LogP contribution in [0, 0.1) is 6.92 Å². The number of benzene rings is 1. The fourth-order valence-corrected chi connectivity index (χ4v) is 1.79. The summed E-state index contributed by atoms with van der Waals surface area (Å²) in [6, 6.07) is 7.36. The second kappa shape index (κ2) is 7.12. The molecule has 0 saturated carbocycles. The van der Waals surface area contributed by atoms with Crippen molar-refractivity contribution in [2.24, 2.45) is 4.99 Å². The number of rotatable bonds is 3. The standard InChI is InChI=1S/C13H17NO2S/c1-4-16-13(17-5-2)14-12(15)11-8-6-10(3)7-9-11/h6-9H,4-5H2,1-3H3. The molecular weight excluding hydrogens is 234 g/mol. The van der Waals surface area contributed by atoms with E-state index in [2.05, 4.69) is 4.99 Å². The molecule has 0 aliphatic carbocycles. The highest BCUT2D eigenvalue weighted by atomic mass is 32.2. The molecule has 92 valence electrons. The smallest absolute Gasteiger partial charge is 0.280 e. The number of hydrogen-bond acceptors (Lipinski definition) is 3. The van der Waals surface area contributed by atoms with E-state index in [-0.39, 0.29) is 5.91 Å². The van der Waals surface area contributed by atoms with Crippen LogP contribution in [0.25, 0.3) is 0 Å². The van der Waals surface area contributed by atoms with Gasteiger partial charge in [0.15, 0.2) is 0 Å². The molecule has 0 atom stereocenters. The molecule has 1 rings (SSSR count). The van der Waals surface area contributed by atoms with Gasteiger partial charge in [-0.05, 0) is 31.7 Å². The molecule has 0 saturated heterocycles. The molecule has 0 heterocycles. The van der Waals surface area contributed by atoms with Gasteiger partial charge in [0.2, 0.25) is 0 Å². The maximum atomic E-state index is 11.8. The number of thioether (sulfide) groups is 1. The molecule has 1 aromatic rings. The van der Waals surface area contributed by atoms with Crippen molar-refractivity contribution in [2.45, 2.75) is 20.8 Å². The highest BCUT2D eigenvalue weighted by molar-refractivity contribution is 8.13. The number of aryl methyl sites for hydroxylation is 1. The summed E-state index contributed by atoms with van der Waals surface area (Å²) in [4.78, 5) is 15.8. The van der Waals surface area contributed by atoms with Crippen LogP contribution in [0.1, 0.15) is 29.8 Å². The van der Waals surface area contributed by atoms with E-state index in [1.54, 1.807) is 12.1 Å². The third-order valence-electron chi connectivity index (χ3n) is 2.03. The number of hydrogen-bond donors (Lipinski definition) is 0. The summed E-state index contributed by atoms with van der Waals surface area (Å²) in [5.74, 6) is 0.578. The minimum absolute atomic E-state index is 0.255. The number of amides is 1. The van der Waals surface area contributed by atoms with Crippen LogP contribution in [0.2, 0.25) is 0 Å². The molecule has 0 fully saturated rings. The van der Waals surface area contributed by atoms with Crippen molar-refractivity contribution in [1.82, 2.24) is 0 Å². The number of carbonyl (C=O) groups excluding carboxylic acids is 1. The van der Waals surface area contributed by atoms with Crippen molar-refractivity contribution < 1.29 is 9.53 Å².